The summed E-state index contributed by atoms with van der Waals surface area (Å²) in [6.45, 7) is 4.75. The first-order chi connectivity index (χ1) is 8.10. The highest BCUT2D eigenvalue weighted by Gasteiger charge is 2.21. The minimum Gasteiger partial charge on any atom is -0.494 e. The summed E-state index contributed by atoms with van der Waals surface area (Å²) in [7, 11) is 1.25. The molecule has 1 aromatic rings. The van der Waals surface area contributed by atoms with Crippen LogP contribution in [-0.2, 0) is 5.60 Å². The number of hydrogen-bond donors (Lipinski definition) is 1. The molecule has 0 saturated heterocycles. The van der Waals surface area contributed by atoms with E-state index in [0.717, 1.165) is 37.2 Å². The minimum atomic E-state index is -0.720. The fourth-order valence-electron chi connectivity index (χ4n) is 1.88. The molecule has 0 bridgehead atoms. The van der Waals surface area contributed by atoms with E-state index in [1.54, 1.807) is 0 Å². The summed E-state index contributed by atoms with van der Waals surface area (Å²) in [5.41, 5.74) is 0.247. The minimum absolute atomic E-state index is 0.720. The molecule has 2 nitrogen and oxygen atoms in total. The largest absolute Gasteiger partial charge is 0.494 e. The monoisotopic (exact) mass is 252 g/mol. The van der Waals surface area contributed by atoms with Crippen LogP contribution in [0.1, 0.15) is 38.7 Å². The topological polar surface area (TPSA) is 29.5 Å². The molecule has 0 radical (unpaired) electrons. The maximum atomic E-state index is 10.3. The molecule has 0 spiro atoms. The lowest BCUT2D eigenvalue weighted by Crippen LogP contribution is -2.20. The third-order valence-electron chi connectivity index (χ3n) is 2.98. The van der Waals surface area contributed by atoms with Gasteiger partial charge in [-0.3, -0.25) is 0 Å². The van der Waals surface area contributed by atoms with E-state index in [2.05, 4.69) is 6.92 Å². The van der Waals surface area contributed by atoms with Gasteiger partial charge in [0.25, 0.3) is 0 Å². The fraction of sp³-hybridized carbons (Fsp3) is 0.571. The molecule has 17 heavy (non-hydrogen) atoms. The number of ether oxygens (including phenoxy) is 1. The number of benzene rings is 1. The molecule has 1 aromatic carbocycles. The smallest absolute Gasteiger partial charge is 0.119 e. The highest BCUT2D eigenvalue weighted by molar-refractivity contribution is 6.08. The van der Waals surface area contributed by atoms with Crippen LogP contribution in [0.5, 0.6) is 5.75 Å². The van der Waals surface area contributed by atoms with Crippen LogP contribution in [0.15, 0.2) is 24.3 Å². The van der Waals surface area contributed by atoms with Crippen LogP contribution in [-0.4, -0.2) is 22.0 Å². The predicted octanol–water partition coefficient (Wildman–Crippen LogP) is 2.25. The Morgan fingerprint density at radius 1 is 1.29 bits per heavy atom. The van der Waals surface area contributed by atoms with Crippen molar-refractivity contribution in [2.75, 3.05) is 6.61 Å². The summed E-state index contributed by atoms with van der Waals surface area (Å²) in [6.07, 6.45) is 2.90. The Hall–Kier alpha value is -0.803. The Morgan fingerprint density at radius 3 is 2.47 bits per heavy atom. The normalized spacial score (nSPS) is 14.5. The number of rotatable bonds is 7. The van der Waals surface area contributed by atoms with Gasteiger partial charge in [0.05, 0.1) is 12.2 Å². The van der Waals surface area contributed by atoms with Gasteiger partial charge in [-0.15, -0.1) is 0 Å². The van der Waals surface area contributed by atoms with Crippen LogP contribution in [0.2, 0.25) is 6.04 Å². The molecular formula is C14H24O2Si. The molecule has 3 heteroatoms. The summed E-state index contributed by atoms with van der Waals surface area (Å²) in [6, 6.07) is 9.11. The number of aliphatic hydroxyl groups is 1. The van der Waals surface area contributed by atoms with E-state index in [9.17, 15) is 5.11 Å². The second-order valence-electron chi connectivity index (χ2n) is 4.75. The van der Waals surface area contributed by atoms with Gasteiger partial charge in [-0.2, -0.15) is 0 Å². The summed E-state index contributed by atoms with van der Waals surface area (Å²) in [4.78, 5) is 0. The summed E-state index contributed by atoms with van der Waals surface area (Å²) in [5, 5.41) is 10.3. The van der Waals surface area contributed by atoms with E-state index in [1.807, 2.05) is 31.2 Å². The van der Waals surface area contributed by atoms with E-state index in [4.69, 9.17) is 4.74 Å². The lowest BCUT2D eigenvalue weighted by Gasteiger charge is -2.23. The van der Waals surface area contributed by atoms with Gasteiger partial charge in [0, 0.05) is 10.2 Å². The van der Waals surface area contributed by atoms with Gasteiger partial charge in [-0.1, -0.05) is 31.5 Å². The number of hydrogen-bond acceptors (Lipinski definition) is 2. The fourth-order valence-corrected chi connectivity index (χ4v) is 2.16. The molecule has 0 aliphatic carbocycles. The van der Waals surface area contributed by atoms with Crippen molar-refractivity contribution in [1.29, 1.82) is 0 Å². The maximum Gasteiger partial charge on any atom is 0.119 e. The average molecular weight is 252 g/mol. The lowest BCUT2D eigenvalue weighted by atomic mass is 9.91. The Labute approximate surface area is 107 Å². The van der Waals surface area contributed by atoms with E-state index >= 15 is 0 Å². The van der Waals surface area contributed by atoms with Gasteiger partial charge in [-0.05, 0) is 37.5 Å². The van der Waals surface area contributed by atoms with E-state index in [0.29, 0.717) is 0 Å². The van der Waals surface area contributed by atoms with Gasteiger partial charge < -0.3 is 9.84 Å². The van der Waals surface area contributed by atoms with Crippen LogP contribution in [0, 0.1) is 0 Å². The van der Waals surface area contributed by atoms with Crippen molar-refractivity contribution in [2.45, 2.75) is 44.8 Å². The van der Waals surface area contributed by atoms with Crippen molar-refractivity contribution in [2.24, 2.45) is 0 Å². The Kier molecular flexibility index (Phi) is 5.72. The third-order valence-corrected chi connectivity index (χ3v) is 3.69. The molecule has 0 saturated carbocycles. The summed E-state index contributed by atoms with van der Waals surface area (Å²) >= 11 is 0. The molecule has 1 N–H and O–H groups in total. The first-order valence-electron chi connectivity index (χ1n) is 6.56. The van der Waals surface area contributed by atoms with Crippen molar-refractivity contribution in [3.63, 3.8) is 0 Å². The zero-order chi connectivity index (χ0) is 12.7. The Morgan fingerprint density at radius 2 is 1.94 bits per heavy atom. The van der Waals surface area contributed by atoms with E-state index in [-0.39, 0.29) is 0 Å². The zero-order valence-corrected chi connectivity index (χ0v) is 13.2. The average Bonchev–Trinajstić information content (AvgIpc) is 2.30. The van der Waals surface area contributed by atoms with Crippen LogP contribution in [0.3, 0.4) is 0 Å². The Balaban J connectivity index is 2.61. The first-order valence-corrected chi connectivity index (χ1v) is 7.97. The molecule has 0 fully saturated rings. The summed E-state index contributed by atoms with van der Waals surface area (Å²) < 4.78 is 5.61. The van der Waals surface area contributed by atoms with E-state index < -0.39 is 5.60 Å². The third kappa shape index (κ3) is 4.52. The molecule has 0 aliphatic heterocycles. The van der Waals surface area contributed by atoms with Crippen molar-refractivity contribution >= 4 is 10.2 Å². The first kappa shape index (κ1) is 14.3. The molecule has 96 valence electrons. The van der Waals surface area contributed by atoms with Crippen LogP contribution >= 0.6 is 0 Å². The molecule has 0 aromatic heterocycles. The van der Waals surface area contributed by atoms with Crippen molar-refractivity contribution in [3.05, 3.63) is 29.8 Å². The molecule has 1 unspecified atom stereocenters. The van der Waals surface area contributed by atoms with Gasteiger partial charge in [-0.25, -0.2) is 0 Å². The second-order valence-corrected chi connectivity index (χ2v) is 5.75. The highest BCUT2D eigenvalue weighted by Crippen LogP contribution is 2.27. The quantitative estimate of drug-likeness (QED) is 0.596. The van der Waals surface area contributed by atoms with Crippen molar-refractivity contribution in [1.82, 2.24) is 0 Å². The van der Waals surface area contributed by atoms with Crippen LogP contribution in [0.4, 0.5) is 0 Å². The maximum absolute atomic E-state index is 10.3. The van der Waals surface area contributed by atoms with Crippen molar-refractivity contribution < 1.29 is 9.84 Å². The second kappa shape index (κ2) is 6.82. The molecule has 0 aliphatic rings. The molecular weight excluding hydrogens is 228 g/mol. The molecule has 1 rings (SSSR count). The standard InChI is InChI=1S/C14H24O2Si/c1-3-9-14(2,15)12-5-7-13(8-6-12)16-10-4-11-17/h5-8,15H,3-4,9-11H2,1-2,17H3. The van der Waals surface area contributed by atoms with Gasteiger partial charge in [0.2, 0.25) is 0 Å². The van der Waals surface area contributed by atoms with E-state index in [1.165, 1.54) is 16.3 Å². The van der Waals surface area contributed by atoms with Crippen LogP contribution < -0.4 is 4.74 Å². The lowest BCUT2D eigenvalue weighted by molar-refractivity contribution is 0.0469. The SMILES string of the molecule is CCCC(C)(O)c1ccc(OCCC[SiH3])cc1. The Bertz CT molecular complexity index is 319. The van der Waals surface area contributed by atoms with Crippen LogP contribution in [0.25, 0.3) is 0 Å². The van der Waals surface area contributed by atoms with Gasteiger partial charge in [0.1, 0.15) is 5.75 Å². The van der Waals surface area contributed by atoms with Crippen molar-refractivity contribution in [3.8, 4) is 5.75 Å². The molecule has 1 atom stereocenters. The molecule has 0 heterocycles. The summed E-state index contributed by atoms with van der Waals surface area (Å²) in [5.74, 6) is 0.899. The predicted molar refractivity (Wildman–Crippen MR) is 75.8 cm³/mol. The van der Waals surface area contributed by atoms with Gasteiger partial charge >= 0.3 is 0 Å². The van der Waals surface area contributed by atoms with Gasteiger partial charge in [0.15, 0.2) is 0 Å². The highest BCUT2D eigenvalue weighted by atomic mass is 28.1. The molecule has 0 amide bonds. The zero-order valence-electron chi connectivity index (χ0n) is 11.2.